The molecule has 1 N–H and O–H groups in total. The summed E-state index contributed by atoms with van der Waals surface area (Å²) in [5, 5.41) is 22.1. The van der Waals surface area contributed by atoms with Gasteiger partial charge in [-0.15, -0.1) is 0 Å². The van der Waals surface area contributed by atoms with Gasteiger partial charge in [-0.25, -0.2) is 0 Å². The summed E-state index contributed by atoms with van der Waals surface area (Å²) in [5.74, 6) is -2.14. The van der Waals surface area contributed by atoms with E-state index in [1.54, 1.807) is 24.3 Å². The van der Waals surface area contributed by atoms with Gasteiger partial charge >= 0.3 is 0 Å². The molecule has 2 heterocycles. The van der Waals surface area contributed by atoms with E-state index in [0.717, 1.165) is 11.6 Å². The molecule has 1 saturated heterocycles. The molecule has 1 amide bonds. The minimum Gasteiger partial charge on any atom is -0.507 e. The SMILES string of the molecule is Cc1ccc(N2C(=O)C(=O)/C(=C(\O)c3cccc([N+](=O)[O-])c3)C2c2ccncc2)cc1. The molecule has 0 radical (unpaired) electrons. The Hall–Kier alpha value is -4.33. The molecule has 0 saturated carbocycles. The second-order valence-corrected chi connectivity index (χ2v) is 7.09. The number of aryl methyl sites for hydroxylation is 1. The third-order valence-electron chi connectivity index (χ3n) is 5.11. The highest BCUT2D eigenvalue weighted by Crippen LogP contribution is 2.42. The Morgan fingerprint density at radius 2 is 1.74 bits per heavy atom. The van der Waals surface area contributed by atoms with Gasteiger partial charge < -0.3 is 5.11 Å². The maximum atomic E-state index is 13.0. The van der Waals surface area contributed by atoms with Crippen LogP contribution in [0, 0.1) is 17.0 Å². The molecule has 4 rings (SSSR count). The smallest absolute Gasteiger partial charge is 0.300 e. The second-order valence-electron chi connectivity index (χ2n) is 7.09. The van der Waals surface area contributed by atoms with E-state index < -0.39 is 28.4 Å². The monoisotopic (exact) mass is 415 g/mol. The summed E-state index contributed by atoms with van der Waals surface area (Å²) in [6.45, 7) is 1.90. The number of hydrogen-bond acceptors (Lipinski definition) is 6. The van der Waals surface area contributed by atoms with Crippen molar-refractivity contribution >= 4 is 28.8 Å². The molecular weight excluding hydrogens is 398 g/mol. The van der Waals surface area contributed by atoms with Crippen LogP contribution >= 0.6 is 0 Å². The van der Waals surface area contributed by atoms with Crippen molar-refractivity contribution in [2.45, 2.75) is 13.0 Å². The number of aliphatic hydroxyl groups is 1. The number of aliphatic hydroxyl groups excluding tert-OH is 1. The largest absolute Gasteiger partial charge is 0.507 e. The Balaban J connectivity index is 1.93. The number of benzene rings is 2. The fourth-order valence-electron chi connectivity index (χ4n) is 3.59. The van der Waals surface area contributed by atoms with Crippen LogP contribution in [0.1, 0.15) is 22.7 Å². The molecule has 3 aromatic rings. The maximum Gasteiger partial charge on any atom is 0.300 e. The Bertz CT molecular complexity index is 1220. The molecule has 8 heteroatoms. The minimum absolute atomic E-state index is 0.0789. The summed E-state index contributed by atoms with van der Waals surface area (Å²) >= 11 is 0. The molecule has 0 bridgehead atoms. The third-order valence-corrected chi connectivity index (χ3v) is 5.11. The molecule has 154 valence electrons. The third kappa shape index (κ3) is 3.55. The highest BCUT2D eigenvalue weighted by Gasteiger charge is 2.47. The van der Waals surface area contributed by atoms with E-state index >= 15 is 0 Å². The lowest BCUT2D eigenvalue weighted by molar-refractivity contribution is -0.384. The van der Waals surface area contributed by atoms with Crippen LogP contribution in [-0.2, 0) is 9.59 Å². The summed E-state index contributed by atoms with van der Waals surface area (Å²) in [5.41, 5.74) is 1.75. The molecule has 8 nitrogen and oxygen atoms in total. The number of ketones is 1. The van der Waals surface area contributed by atoms with Gasteiger partial charge in [0.15, 0.2) is 0 Å². The van der Waals surface area contributed by atoms with Crippen molar-refractivity contribution in [3.8, 4) is 0 Å². The van der Waals surface area contributed by atoms with Crippen LogP contribution in [0.4, 0.5) is 11.4 Å². The molecule has 1 aliphatic heterocycles. The van der Waals surface area contributed by atoms with Crippen molar-refractivity contribution in [3.63, 3.8) is 0 Å². The van der Waals surface area contributed by atoms with Gasteiger partial charge in [0, 0.05) is 35.8 Å². The van der Waals surface area contributed by atoms with E-state index in [1.165, 1.54) is 35.5 Å². The first-order valence-electron chi connectivity index (χ1n) is 9.41. The Morgan fingerprint density at radius 3 is 2.39 bits per heavy atom. The van der Waals surface area contributed by atoms with Crippen LogP contribution in [0.2, 0.25) is 0 Å². The molecule has 31 heavy (non-hydrogen) atoms. The van der Waals surface area contributed by atoms with Gasteiger partial charge in [0.1, 0.15) is 5.76 Å². The number of carbonyl (C=O) groups excluding carboxylic acids is 2. The lowest BCUT2D eigenvalue weighted by atomic mass is 9.95. The predicted octanol–water partition coefficient (Wildman–Crippen LogP) is 3.92. The number of anilines is 1. The zero-order valence-electron chi connectivity index (χ0n) is 16.4. The van der Waals surface area contributed by atoms with Crippen LogP contribution in [0.25, 0.3) is 5.76 Å². The quantitative estimate of drug-likeness (QED) is 0.227. The number of carbonyl (C=O) groups is 2. The van der Waals surface area contributed by atoms with E-state index in [-0.39, 0.29) is 16.8 Å². The molecule has 1 atom stereocenters. The van der Waals surface area contributed by atoms with Crippen LogP contribution in [-0.4, -0.2) is 26.7 Å². The van der Waals surface area contributed by atoms with Gasteiger partial charge in [0.2, 0.25) is 0 Å². The first-order chi connectivity index (χ1) is 14.9. The van der Waals surface area contributed by atoms with E-state index in [9.17, 15) is 24.8 Å². The minimum atomic E-state index is -0.912. The second kappa shape index (κ2) is 7.83. The number of Topliss-reactive ketones (excluding diaryl/α,β-unsaturated/α-hetero) is 1. The summed E-state index contributed by atoms with van der Waals surface area (Å²) < 4.78 is 0. The lowest BCUT2D eigenvalue weighted by Crippen LogP contribution is -2.29. The Morgan fingerprint density at radius 1 is 1.06 bits per heavy atom. The predicted molar refractivity (Wildman–Crippen MR) is 113 cm³/mol. The van der Waals surface area contributed by atoms with Crippen molar-refractivity contribution in [3.05, 3.63) is 105 Å². The summed E-state index contributed by atoms with van der Waals surface area (Å²) in [6.07, 6.45) is 3.05. The molecule has 1 aliphatic rings. The average molecular weight is 415 g/mol. The molecule has 0 aliphatic carbocycles. The highest BCUT2D eigenvalue weighted by molar-refractivity contribution is 6.51. The van der Waals surface area contributed by atoms with E-state index in [1.807, 2.05) is 19.1 Å². The van der Waals surface area contributed by atoms with Gasteiger partial charge in [-0.2, -0.15) is 0 Å². The summed E-state index contributed by atoms with van der Waals surface area (Å²) in [7, 11) is 0. The van der Waals surface area contributed by atoms with Crippen LogP contribution in [0.3, 0.4) is 0 Å². The average Bonchev–Trinajstić information content (AvgIpc) is 3.05. The van der Waals surface area contributed by atoms with Gasteiger partial charge in [0.25, 0.3) is 17.4 Å². The van der Waals surface area contributed by atoms with E-state index in [4.69, 9.17) is 0 Å². The van der Waals surface area contributed by atoms with Crippen LogP contribution in [0.5, 0.6) is 0 Å². The Labute approximate surface area is 177 Å². The van der Waals surface area contributed by atoms with E-state index in [2.05, 4.69) is 4.98 Å². The van der Waals surface area contributed by atoms with Crippen molar-refractivity contribution in [2.75, 3.05) is 4.90 Å². The fraction of sp³-hybridized carbons (Fsp3) is 0.0870. The topological polar surface area (TPSA) is 114 Å². The number of pyridine rings is 1. The normalized spacial score (nSPS) is 17.7. The van der Waals surface area contributed by atoms with Gasteiger partial charge in [0.05, 0.1) is 16.5 Å². The number of amides is 1. The number of nitrogens with zero attached hydrogens (tertiary/aromatic N) is 3. The van der Waals surface area contributed by atoms with Crippen LogP contribution in [0.15, 0.2) is 78.6 Å². The lowest BCUT2D eigenvalue weighted by Gasteiger charge is -2.25. The van der Waals surface area contributed by atoms with E-state index in [0.29, 0.717) is 11.3 Å². The number of aromatic nitrogens is 1. The van der Waals surface area contributed by atoms with Crippen molar-refractivity contribution < 1.29 is 19.6 Å². The van der Waals surface area contributed by atoms with Gasteiger partial charge in [-0.05, 0) is 36.8 Å². The first-order valence-corrected chi connectivity index (χ1v) is 9.41. The van der Waals surface area contributed by atoms with Crippen LogP contribution < -0.4 is 4.90 Å². The fourth-order valence-corrected chi connectivity index (χ4v) is 3.59. The zero-order valence-corrected chi connectivity index (χ0v) is 16.4. The molecule has 0 spiro atoms. The highest BCUT2D eigenvalue weighted by atomic mass is 16.6. The summed E-state index contributed by atoms with van der Waals surface area (Å²) in [6, 6.07) is 14.8. The number of hydrogen-bond donors (Lipinski definition) is 1. The number of nitro benzene ring substituents is 1. The molecule has 1 fully saturated rings. The first kappa shape index (κ1) is 20.0. The molecule has 1 unspecified atom stereocenters. The maximum absolute atomic E-state index is 13.0. The molecular formula is C23H17N3O5. The number of rotatable bonds is 4. The van der Waals surface area contributed by atoms with Crippen molar-refractivity contribution in [1.82, 2.24) is 4.98 Å². The Kier molecular flexibility index (Phi) is 5.04. The van der Waals surface area contributed by atoms with Crippen molar-refractivity contribution in [1.29, 1.82) is 0 Å². The number of nitro groups is 1. The van der Waals surface area contributed by atoms with Gasteiger partial charge in [-0.3, -0.25) is 29.6 Å². The molecule has 2 aromatic carbocycles. The standard InChI is InChI=1S/C23H17N3O5/c1-14-5-7-17(8-6-14)25-20(15-9-11-24-12-10-15)19(22(28)23(25)29)21(27)16-3-2-4-18(13-16)26(30)31/h2-13,20,27H,1H3/b21-19-. The van der Waals surface area contributed by atoms with Gasteiger partial charge in [-0.1, -0.05) is 29.8 Å². The molecule has 1 aromatic heterocycles. The summed E-state index contributed by atoms with van der Waals surface area (Å²) in [4.78, 5) is 41.9. The number of non-ortho nitro benzene ring substituents is 1. The zero-order chi connectivity index (χ0) is 22.1. The van der Waals surface area contributed by atoms with Crippen molar-refractivity contribution in [2.24, 2.45) is 0 Å².